The number of nitrogens with one attached hydrogen (secondary N) is 1. The lowest BCUT2D eigenvalue weighted by Gasteiger charge is -2.60. The van der Waals surface area contributed by atoms with E-state index in [1.807, 2.05) is 37.8 Å². The summed E-state index contributed by atoms with van der Waals surface area (Å²) in [5, 5.41) is 42.4. The number of furan rings is 2. The lowest BCUT2D eigenvalue weighted by molar-refractivity contribution is -0.0124. The summed E-state index contributed by atoms with van der Waals surface area (Å²) in [5.41, 5.74) is 13.4. The van der Waals surface area contributed by atoms with Crippen molar-refractivity contribution in [2.75, 3.05) is 86.1 Å². The summed E-state index contributed by atoms with van der Waals surface area (Å²) in [4.78, 5) is 43.9. The van der Waals surface area contributed by atoms with Gasteiger partial charge in [-0.1, -0.05) is 36.5 Å². The zero-order valence-corrected chi connectivity index (χ0v) is 49.1. The number of rotatable bonds is 12. The van der Waals surface area contributed by atoms with Crippen LogP contribution in [0, 0.1) is 59.0 Å². The Labute approximate surface area is 495 Å². The summed E-state index contributed by atoms with van der Waals surface area (Å²) < 4.78 is 40.7. The number of aromatic nitrogens is 6. The van der Waals surface area contributed by atoms with Crippen molar-refractivity contribution in [2.45, 2.75) is 40.5 Å². The Balaban J connectivity index is 0.000000149. The number of carbonyl (C=O) groups excluding carboxylic acids is 1. The van der Waals surface area contributed by atoms with Crippen LogP contribution < -0.4 is 24.9 Å². The largest absolute Gasteiger partial charge is 0.475 e. The molecule has 0 bridgehead atoms. The van der Waals surface area contributed by atoms with Gasteiger partial charge in [-0.2, -0.15) is 20.7 Å². The number of likely N-dealkylation sites (tertiary alicyclic amines) is 1. The number of nitriles is 2. The molecule has 4 aliphatic heterocycles. The van der Waals surface area contributed by atoms with E-state index in [4.69, 9.17) is 29.7 Å². The fourth-order valence-corrected chi connectivity index (χ4v) is 13.4. The fourth-order valence-electron chi connectivity index (χ4n) is 11.7. The van der Waals surface area contributed by atoms with Crippen molar-refractivity contribution >= 4 is 78.6 Å². The number of amides is 1. The number of fused-ring (bicyclic) bond motifs is 2. The summed E-state index contributed by atoms with van der Waals surface area (Å²) in [6.07, 6.45) is 4.35. The summed E-state index contributed by atoms with van der Waals surface area (Å²) >= 11 is 2.65. The number of aryl methyl sites for hydroxylation is 4. The van der Waals surface area contributed by atoms with E-state index in [9.17, 15) is 28.9 Å². The van der Waals surface area contributed by atoms with Crippen LogP contribution in [0.1, 0.15) is 67.5 Å². The lowest BCUT2D eigenvalue weighted by atomic mass is 9.72. The van der Waals surface area contributed by atoms with Gasteiger partial charge in [0.05, 0.1) is 46.3 Å². The third-order valence-electron chi connectivity index (χ3n) is 16.1. The second kappa shape index (κ2) is 22.3. The van der Waals surface area contributed by atoms with Crippen LogP contribution in [-0.2, 0) is 12.8 Å². The van der Waals surface area contributed by atoms with Crippen molar-refractivity contribution in [3.8, 4) is 34.7 Å². The Morgan fingerprint density at radius 3 is 1.46 bits per heavy atom. The third-order valence-corrected chi connectivity index (χ3v) is 18.2. The number of carbonyl (C=O) groups is 2. The monoisotopic (exact) mass is 1180 g/mol. The molecule has 8 aromatic heterocycles. The highest BCUT2D eigenvalue weighted by Crippen LogP contribution is 2.46. The molecule has 2 aromatic carbocycles. The van der Waals surface area contributed by atoms with E-state index >= 15 is 0 Å². The van der Waals surface area contributed by atoms with Crippen LogP contribution in [0.15, 0.2) is 118 Å². The predicted octanol–water partition coefficient (Wildman–Crippen LogP) is 11.2. The molecular weight excluding hydrogens is 1120 g/mol. The van der Waals surface area contributed by atoms with Crippen LogP contribution >= 0.6 is 22.7 Å². The van der Waals surface area contributed by atoms with Crippen molar-refractivity contribution in [3.05, 3.63) is 165 Å². The molecular formula is C62H58F2N14O5S2. The molecule has 4 saturated heterocycles. The zero-order valence-electron chi connectivity index (χ0n) is 47.4. The molecule has 4 aliphatic rings. The van der Waals surface area contributed by atoms with E-state index in [2.05, 4.69) is 83.6 Å². The number of pyridine rings is 2. The predicted molar refractivity (Wildman–Crippen MR) is 322 cm³/mol. The number of thiazole rings is 2. The molecule has 2 spiro atoms. The van der Waals surface area contributed by atoms with Gasteiger partial charge in [0.1, 0.15) is 44.9 Å². The number of benzene rings is 2. The van der Waals surface area contributed by atoms with Gasteiger partial charge in [-0.25, -0.2) is 32.6 Å². The summed E-state index contributed by atoms with van der Waals surface area (Å²) in [6.45, 7) is 15.9. The molecule has 85 heavy (non-hydrogen) atoms. The Morgan fingerprint density at radius 1 is 0.659 bits per heavy atom. The topological polar surface area (TPSA) is 217 Å². The Kier molecular flexibility index (Phi) is 14.7. The van der Waals surface area contributed by atoms with Crippen molar-refractivity contribution in [2.24, 2.45) is 10.8 Å². The van der Waals surface area contributed by atoms with Crippen LogP contribution in [-0.4, -0.2) is 118 Å². The van der Waals surface area contributed by atoms with Gasteiger partial charge in [0.15, 0.2) is 16.0 Å². The molecule has 0 radical (unpaired) electrons. The number of hydrogen-bond acceptors (Lipinski definition) is 17. The molecule has 10 aromatic rings. The molecule has 0 saturated carbocycles. The van der Waals surface area contributed by atoms with Crippen LogP contribution in [0.2, 0.25) is 0 Å². The van der Waals surface area contributed by atoms with Gasteiger partial charge >= 0.3 is 5.97 Å². The Bertz CT molecular complexity index is 4230. The second-order valence-electron chi connectivity index (χ2n) is 22.0. The minimum atomic E-state index is -1.03. The second-order valence-corrected chi connectivity index (χ2v) is 24.0. The molecule has 4 fully saturated rings. The number of halogens is 2. The first-order chi connectivity index (χ1) is 41.0. The SMILES string of the molecule is CCc1nn2c(C)cc(N3CC4(CN(C(=O)c5ccco5)C4)C3)cc2c1N(C)c1nc(-c2ccc(F)cc2)c(C#N)s1.CCc1nn2c(C)cc(N3CC4(CNC4)C3)cc2c1N(C)c1nc(-c2ccc(F)cc2)c(C#N)s1.O=C(O)c1ccco1. The maximum Gasteiger partial charge on any atom is 0.371 e. The van der Waals surface area contributed by atoms with Crippen molar-refractivity contribution < 1.29 is 32.3 Å². The van der Waals surface area contributed by atoms with E-state index in [1.165, 1.54) is 77.3 Å². The van der Waals surface area contributed by atoms with E-state index in [1.54, 1.807) is 36.4 Å². The smallest absolute Gasteiger partial charge is 0.371 e. The summed E-state index contributed by atoms with van der Waals surface area (Å²) in [6, 6.07) is 31.8. The van der Waals surface area contributed by atoms with Gasteiger partial charge in [0.25, 0.3) is 5.91 Å². The van der Waals surface area contributed by atoms with Gasteiger partial charge < -0.3 is 43.8 Å². The normalized spacial score (nSPS) is 15.2. The van der Waals surface area contributed by atoms with Gasteiger partial charge in [-0.15, -0.1) is 0 Å². The first-order valence-corrected chi connectivity index (χ1v) is 29.3. The van der Waals surface area contributed by atoms with E-state index < -0.39 is 5.97 Å². The lowest BCUT2D eigenvalue weighted by Crippen LogP contribution is -2.73. The molecule has 14 rings (SSSR count). The first-order valence-electron chi connectivity index (χ1n) is 27.7. The molecule has 432 valence electrons. The average molecular weight is 1180 g/mol. The molecule has 0 aliphatic carbocycles. The highest BCUT2D eigenvalue weighted by Gasteiger charge is 2.54. The summed E-state index contributed by atoms with van der Waals surface area (Å²) in [5.74, 6) is -1.37. The quantitative estimate of drug-likeness (QED) is 0.116. The third kappa shape index (κ3) is 10.4. The van der Waals surface area contributed by atoms with Crippen molar-refractivity contribution in [1.82, 2.24) is 39.4 Å². The minimum absolute atomic E-state index is 0.0231. The molecule has 0 atom stereocenters. The number of carboxylic acid groups (broad SMARTS) is 1. The number of hydrogen-bond donors (Lipinski definition) is 2. The molecule has 2 N–H and O–H groups in total. The highest BCUT2D eigenvalue weighted by atomic mass is 32.1. The molecule has 0 unspecified atom stereocenters. The number of anilines is 6. The van der Waals surface area contributed by atoms with E-state index in [-0.39, 0.29) is 28.7 Å². The van der Waals surface area contributed by atoms with Crippen LogP contribution in [0.5, 0.6) is 0 Å². The average Bonchev–Trinajstić information content (AvgIpc) is 2.17. The number of nitrogens with zero attached hydrogens (tertiary/aromatic N) is 13. The van der Waals surface area contributed by atoms with Gasteiger partial charge in [-0.3, -0.25) is 4.79 Å². The zero-order chi connectivity index (χ0) is 59.5. The highest BCUT2D eigenvalue weighted by molar-refractivity contribution is 7.17. The standard InChI is InChI=1S/C31H28FN7O2S.C26H26FN7S.C5H4O3/c1-4-23-28(36(3)30-34-27(26(14-33)42-30)20-7-9-21(32)10-8-20)24-13-22(12-19(2)39(24)35-23)37-15-31(16-37)17-38(18-31)29(40)25-6-5-11-41-25;1-4-20-24(32(3)25-30-23(22(11-28)35-25)17-5-7-18(27)8-6-17)21-10-19(9-16(2)34(21)31-20)33-14-26(15-33)12-29-13-26;6-5(7)4-2-1-3-8-4/h5-13H,4,15-18H2,1-3H3;5-10,29H,4,12-15H2,1-3H3;1-3H,(H,6,7). The fraction of sp³-hybridized carbons (Fsp3) is 0.290. The van der Waals surface area contributed by atoms with E-state index in [0.29, 0.717) is 48.1 Å². The van der Waals surface area contributed by atoms with Gasteiger partial charge in [0.2, 0.25) is 5.76 Å². The maximum atomic E-state index is 13.5. The van der Waals surface area contributed by atoms with E-state index in [0.717, 1.165) is 122 Å². The van der Waals surface area contributed by atoms with Gasteiger partial charge in [0, 0.05) is 111 Å². The van der Waals surface area contributed by atoms with Crippen LogP contribution in [0.4, 0.5) is 41.8 Å². The molecule has 12 heterocycles. The molecule has 23 heteroatoms. The summed E-state index contributed by atoms with van der Waals surface area (Å²) in [7, 11) is 3.93. The minimum Gasteiger partial charge on any atom is -0.475 e. The Hall–Kier alpha value is -9.42. The molecule has 19 nitrogen and oxygen atoms in total. The van der Waals surface area contributed by atoms with Gasteiger partial charge in [-0.05, 0) is 124 Å². The molecule has 1 amide bonds. The van der Waals surface area contributed by atoms with Crippen LogP contribution in [0.25, 0.3) is 33.5 Å². The number of carboxylic acids is 1. The van der Waals surface area contributed by atoms with Crippen molar-refractivity contribution in [3.63, 3.8) is 0 Å². The number of aromatic carboxylic acids is 1. The Morgan fingerprint density at radius 2 is 1.09 bits per heavy atom. The maximum absolute atomic E-state index is 13.5. The first kappa shape index (κ1) is 56.1. The van der Waals surface area contributed by atoms with Crippen molar-refractivity contribution in [1.29, 1.82) is 10.5 Å². The van der Waals surface area contributed by atoms with Crippen LogP contribution in [0.3, 0.4) is 0 Å².